The first-order valence-corrected chi connectivity index (χ1v) is 5.00. The first kappa shape index (κ1) is 10.5. The number of carbonyl (C=O) groups is 1. The van der Waals surface area contributed by atoms with Gasteiger partial charge in [-0.15, -0.1) is 0 Å². The lowest BCUT2D eigenvalue weighted by Crippen LogP contribution is -2.24. The summed E-state index contributed by atoms with van der Waals surface area (Å²) < 4.78 is 13.4. The number of hydrogen-bond donors (Lipinski definition) is 0. The Morgan fingerprint density at radius 1 is 1.62 bits per heavy atom. The Morgan fingerprint density at radius 3 is 2.69 bits per heavy atom. The maximum Gasteiger partial charge on any atom is 0.225 e. The van der Waals surface area contributed by atoms with Crippen LogP contribution in [0.3, 0.4) is 0 Å². The van der Waals surface area contributed by atoms with E-state index in [0.717, 1.165) is 6.42 Å². The van der Waals surface area contributed by atoms with Crippen molar-refractivity contribution in [2.24, 2.45) is 11.8 Å². The third kappa shape index (κ3) is 1.84. The molecule has 0 aliphatic carbocycles. The van der Waals surface area contributed by atoms with Gasteiger partial charge in [0.2, 0.25) is 5.91 Å². The Kier molecular flexibility index (Phi) is 3.28. The van der Waals surface area contributed by atoms with Crippen LogP contribution in [-0.4, -0.2) is 30.6 Å². The van der Waals surface area contributed by atoms with Crippen molar-refractivity contribution in [3.05, 3.63) is 0 Å². The van der Waals surface area contributed by atoms with Gasteiger partial charge in [0.05, 0.1) is 0 Å². The number of hydrogen-bond acceptors (Lipinski definition) is 1. The standard InChI is InChI=1S/C10H18FNO/c1-4-7-8(9(11)5-2)6-12(3)10(7)13/h7-9H,4-6H2,1-3H3. The summed E-state index contributed by atoms with van der Waals surface area (Å²) in [7, 11) is 1.76. The molecule has 3 heteroatoms. The fourth-order valence-electron chi connectivity index (χ4n) is 2.15. The molecule has 1 heterocycles. The van der Waals surface area contributed by atoms with Crippen LogP contribution in [0.2, 0.25) is 0 Å². The van der Waals surface area contributed by atoms with Gasteiger partial charge in [0.25, 0.3) is 0 Å². The zero-order chi connectivity index (χ0) is 10.0. The van der Waals surface area contributed by atoms with Gasteiger partial charge in [-0.2, -0.15) is 0 Å². The highest BCUT2D eigenvalue weighted by Crippen LogP contribution is 2.31. The van der Waals surface area contributed by atoms with Crippen molar-refractivity contribution in [2.75, 3.05) is 13.6 Å². The Morgan fingerprint density at radius 2 is 2.23 bits per heavy atom. The van der Waals surface area contributed by atoms with E-state index in [0.29, 0.717) is 13.0 Å². The fraction of sp³-hybridized carbons (Fsp3) is 0.900. The van der Waals surface area contributed by atoms with Crippen molar-refractivity contribution in [3.8, 4) is 0 Å². The van der Waals surface area contributed by atoms with Gasteiger partial charge in [0.1, 0.15) is 6.17 Å². The largest absolute Gasteiger partial charge is 0.345 e. The average molecular weight is 187 g/mol. The van der Waals surface area contributed by atoms with Gasteiger partial charge in [-0.05, 0) is 12.8 Å². The summed E-state index contributed by atoms with van der Waals surface area (Å²) in [5.74, 6) is -0.0453. The number of halogens is 1. The number of carbonyl (C=O) groups excluding carboxylic acids is 1. The molecule has 0 radical (unpaired) electrons. The molecule has 1 saturated heterocycles. The minimum absolute atomic E-state index is 0.0764. The van der Waals surface area contributed by atoms with E-state index in [4.69, 9.17) is 0 Å². The van der Waals surface area contributed by atoms with Gasteiger partial charge in [-0.1, -0.05) is 13.8 Å². The van der Waals surface area contributed by atoms with E-state index < -0.39 is 6.17 Å². The monoisotopic (exact) mass is 187 g/mol. The lowest BCUT2D eigenvalue weighted by Gasteiger charge is -2.17. The molecule has 13 heavy (non-hydrogen) atoms. The number of alkyl halides is 1. The van der Waals surface area contributed by atoms with Crippen LogP contribution in [0.5, 0.6) is 0 Å². The topological polar surface area (TPSA) is 20.3 Å². The molecule has 1 amide bonds. The van der Waals surface area contributed by atoms with E-state index in [9.17, 15) is 9.18 Å². The molecule has 1 aliphatic rings. The second-order valence-corrected chi connectivity index (χ2v) is 3.82. The molecular weight excluding hydrogens is 169 g/mol. The predicted octanol–water partition coefficient (Wildman–Crippen LogP) is 1.85. The maximum atomic E-state index is 13.4. The molecule has 0 aromatic heterocycles. The van der Waals surface area contributed by atoms with Crippen molar-refractivity contribution in [3.63, 3.8) is 0 Å². The molecule has 3 unspecified atom stereocenters. The molecule has 0 aromatic carbocycles. The van der Waals surface area contributed by atoms with Gasteiger partial charge < -0.3 is 4.90 Å². The molecular formula is C10H18FNO. The van der Waals surface area contributed by atoms with E-state index >= 15 is 0 Å². The minimum Gasteiger partial charge on any atom is -0.345 e. The van der Waals surface area contributed by atoms with Crippen LogP contribution in [-0.2, 0) is 4.79 Å². The molecule has 0 N–H and O–H groups in total. The predicted molar refractivity (Wildman–Crippen MR) is 50.1 cm³/mol. The second-order valence-electron chi connectivity index (χ2n) is 3.82. The molecule has 0 bridgehead atoms. The summed E-state index contributed by atoms with van der Waals surface area (Å²) in [6, 6.07) is 0. The van der Waals surface area contributed by atoms with Gasteiger partial charge in [-0.25, -0.2) is 4.39 Å². The Hall–Kier alpha value is -0.600. The summed E-state index contributed by atoms with van der Waals surface area (Å²) in [6.45, 7) is 4.38. The molecule has 1 aliphatic heterocycles. The normalized spacial score (nSPS) is 31.1. The Labute approximate surface area is 79.1 Å². The van der Waals surface area contributed by atoms with Crippen LogP contribution in [0.4, 0.5) is 4.39 Å². The summed E-state index contributed by atoms with van der Waals surface area (Å²) in [6.07, 6.45) is 0.454. The molecule has 0 saturated carbocycles. The van der Waals surface area contributed by atoms with Gasteiger partial charge >= 0.3 is 0 Å². The van der Waals surface area contributed by atoms with Crippen molar-refractivity contribution in [2.45, 2.75) is 32.9 Å². The van der Waals surface area contributed by atoms with Crippen LogP contribution in [0, 0.1) is 11.8 Å². The quantitative estimate of drug-likeness (QED) is 0.660. The highest BCUT2D eigenvalue weighted by atomic mass is 19.1. The second kappa shape index (κ2) is 4.07. The van der Waals surface area contributed by atoms with Crippen LogP contribution in [0.1, 0.15) is 26.7 Å². The van der Waals surface area contributed by atoms with E-state index in [2.05, 4.69) is 0 Å². The lowest BCUT2D eigenvalue weighted by molar-refractivity contribution is -0.130. The van der Waals surface area contributed by atoms with Crippen molar-refractivity contribution in [1.82, 2.24) is 4.90 Å². The lowest BCUT2D eigenvalue weighted by atomic mass is 9.88. The summed E-state index contributed by atoms with van der Waals surface area (Å²) >= 11 is 0. The van der Waals surface area contributed by atoms with Crippen LogP contribution in [0.15, 0.2) is 0 Å². The highest BCUT2D eigenvalue weighted by molar-refractivity contribution is 5.81. The van der Waals surface area contributed by atoms with Gasteiger partial charge in [0.15, 0.2) is 0 Å². The zero-order valence-electron chi connectivity index (χ0n) is 8.59. The summed E-state index contributed by atoms with van der Waals surface area (Å²) in [5.41, 5.74) is 0. The maximum absolute atomic E-state index is 13.4. The number of rotatable bonds is 3. The first-order chi connectivity index (χ1) is 6.11. The zero-order valence-corrected chi connectivity index (χ0v) is 8.59. The number of nitrogens with zero attached hydrogens (tertiary/aromatic N) is 1. The molecule has 3 atom stereocenters. The van der Waals surface area contributed by atoms with Crippen molar-refractivity contribution >= 4 is 5.91 Å². The first-order valence-electron chi connectivity index (χ1n) is 5.00. The van der Waals surface area contributed by atoms with E-state index in [1.165, 1.54) is 0 Å². The van der Waals surface area contributed by atoms with Gasteiger partial charge in [0, 0.05) is 25.4 Å². The van der Waals surface area contributed by atoms with Gasteiger partial charge in [-0.3, -0.25) is 4.79 Å². The number of likely N-dealkylation sites (tertiary alicyclic amines) is 1. The smallest absolute Gasteiger partial charge is 0.225 e. The molecule has 0 spiro atoms. The van der Waals surface area contributed by atoms with E-state index in [1.807, 2.05) is 13.8 Å². The molecule has 1 rings (SSSR count). The molecule has 76 valence electrons. The SMILES string of the molecule is CCC(F)C1CN(C)C(=O)C1CC. The van der Waals surface area contributed by atoms with Crippen molar-refractivity contribution in [1.29, 1.82) is 0 Å². The van der Waals surface area contributed by atoms with E-state index in [-0.39, 0.29) is 17.7 Å². The average Bonchev–Trinajstić information content (AvgIpc) is 2.42. The van der Waals surface area contributed by atoms with Crippen molar-refractivity contribution < 1.29 is 9.18 Å². The van der Waals surface area contributed by atoms with Crippen LogP contribution in [0.25, 0.3) is 0 Å². The minimum atomic E-state index is -0.821. The van der Waals surface area contributed by atoms with Crippen LogP contribution >= 0.6 is 0 Å². The fourth-order valence-corrected chi connectivity index (χ4v) is 2.15. The molecule has 2 nitrogen and oxygen atoms in total. The number of amides is 1. The Balaban J connectivity index is 2.70. The summed E-state index contributed by atoms with van der Waals surface area (Å²) in [5, 5.41) is 0. The third-order valence-electron chi connectivity index (χ3n) is 2.99. The van der Waals surface area contributed by atoms with E-state index in [1.54, 1.807) is 11.9 Å². The molecule has 1 fully saturated rings. The third-order valence-corrected chi connectivity index (χ3v) is 2.99. The Bertz CT molecular complexity index is 195. The highest BCUT2D eigenvalue weighted by Gasteiger charge is 2.40. The molecule has 0 aromatic rings. The summed E-state index contributed by atoms with van der Waals surface area (Å²) in [4.78, 5) is 13.2. The van der Waals surface area contributed by atoms with Crippen LogP contribution < -0.4 is 0 Å².